The van der Waals surface area contributed by atoms with Gasteiger partial charge in [-0.1, -0.05) is 90.9 Å². The van der Waals surface area contributed by atoms with E-state index in [0.29, 0.717) is 0 Å². The molecule has 0 aliphatic carbocycles. The number of hydrogen-bond acceptors (Lipinski definition) is 3. The third-order valence-corrected chi connectivity index (χ3v) is 5.27. The molecular weight excluding hydrogens is 370 g/mol. The summed E-state index contributed by atoms with van der Waals surface area (Å²) in [6.07, 6.45) is 18.5. The summed E-state index contributed by atoms with van der Waals surface area (Å²) in [6, 6.07) is 0. The molecule has 0 saturated carbocycles. The second-order valence-electron chi connectivity index (χ2n) is 8.24. The van der Waals surface area contributed by atoms with Crippen LogP contribution in [-0.2, 0) is 14.3 Å². The number of carboxylic acid groups (broad SMARTS) is 1. The van der Waals surface area contributed by atoms with E-state index in [2.05, 4.69) is 13.8 Å². The standard InChI is InChI=1S/C23H44O4.Li.Na.2H/c1-4-6-8-10-11-12-13-14-15-17-19-23(3,18-16-9-7-5-2)27-22(26)20-21(24)25;;;;/h4-20H2,1-3H3,(H,24,25);;;;. The van der Waals surface area contributed by atoms with Crippen molar-refractivity contribution in [2.24, 2.45) is 0 Å². The van der Waals surface area contributed by atoms with Crippen LogP contribution in [0.4, 0.5) is 0 Å². The van der Waals surface area contributed by atoms with Gasteiger partial charge in [0, 0.05) is 0 Å². The van der Waals surface area contributed by atoms with Crippen molar-refractivity contribution in [3.05, 3.63) is 0 Å². The number of unbranched alkanes of at least 4 members (excludes halogenated alkanes) is 12. The first-order chi connectivity index (χ1) is 12.9. The molecule has 0 amide bonds. The minimum absolute atomic E-state index is 0. The Labute approximate surface area is 214 Å². The van der Waals surface area contributed by atoms with Crippen LogP contribution in [0.15, 0.2) is 0 Å². The topological polar surface area (TPSA) is 63.6 Å². The van der Waals surface area contributed by atoms with Crippen molar-refractivity contribution in [1.82, 2.24) is 0 Å². The quantitative estimate of drug-likeness (QED) is 0.126. The van der Waals surface area contributed by atoms with Crippen molar-refractivity contribution in [3.63, 3.8) is 0 Å². The Bertz CT molecular complexity index is 393. The normalized spacial score (nSPS) is 12.4. The summed E-state index contributed by atoms with van der Waals surface area (Å²) in [5, 5.41) is 8.79. The van der Waals surface area contributed by atoms with E-state index in [0.717, 1.165) is 38.5 Å². The molecule has 0 heterocycles. The van der Waals surface area contributed by atoms with Gasteiger partial charge in [0.2, 0.25) is 0 Å². The first-order valence-electron chi connectivity index (χ1n) is 11.4. The Hall–Kier alpha value is 0.537. The molecule has 0 aromatic carbocycles. The predicted molar refractivity (Wildman–Crippen MR) is 126 cm³/mol. The van der Waals surface area contributed by atoms with E-state index in [9.17, 15) is 9.59 Å². The molecule has 4 nitrogen and oxygen atoms in total. The fourth-order valence-corrected chi connectivity index (χ4v) is 3.57. The molecule has 29 heavy (non-hydrogen) atoms. The zero-order valence-corrected chi connectivity index (χ0v) is 18.2. The van der Waals surface area contributed by atoms with E-state index in [4.69, 9.17) is 9.84 Å². The van der Waals surface area contributed by atoms with Crippen LogP contribution < -0.4 is 0 Å². The molecule has 1 atom stereocenters. The molecule has 0 spiro atoms. The van der Waals surface area contributed by atoms with E-state index in [1.54, 1.807) is 0 Å². The SMILES string of the molecule is CCCCCCCCCCCCC(C)(CCCCCC)OC(=O)CC(=O)O.[LiH].[NaH]. The molecule has 1 unspecified atom stereocenters. The van der Waals surface area contributed by atoms with E-state index < -0.39 is 24.0 Å². The Morgan fingerprint density at radius 3 is 1.45 bits per heavy atom. The number of aliphatic carboxylic acids is 1. The van der Waals surface area contributed by atoms with E-state index in [1.165, 1.54) is 64.2 Å². The van der Waals surface area contributed by atoms with Crippen molar-refractivity contribution >= 4 is 60.4 Å². The molecular formula is C23H46LiNaO4. The fourth-order valence-electron chi connectivity index (χ4n) is 3.57. The van der Waals surface area contributed by atoms with Gasteiger partial charge in [0.05, 0.1) is 0 Å². The zero-order chi connectivity index (χ0) is 20.4. The van der Waals surface area contributed by atoms with Crippen molar-refractivity contribution in [1.29, 1.82) is 0 Å². The third kappa shape index (κ3) is 23.0. The van der Waals surface area contributed by atoms with E-state index >= 15 is 0 Å². The summed E-state index contributed by atoms with van der Waals surface area (Å²) in [6.45, 7) is 6.40. The van der Waals surface area contributed by atoms with Crippen LogP contribution in [0.25, 0.3) is 0 Å². The molecule has 1 N–H and O–H groups in total. The van der Waals surface area contributed by atoms with Crippen LogP contribution in [-0.4, -0.2) is 71.1 Å². The summed E-state index contributed by atoms with van der Waals surface area (Å²) >= 11 is 0. The Morgan fingerprint density at radius 1 is 0.724 bits per heavy atom. The minimum atomic E-state index is -1.12. The average molecular weight is 417 g/mol. The van der Waals surface area contributed by atoms with Crippen molar-refractivity contribution < 1.29 is 19.4 Å². The van der Waals surface area contributed by atoms with Gasteiger partial charge in [-0.2, -0.15) is 0 Å². The van der Waals surface area contributed by atoms with Crippen LogP contribution in [0.2, 0.25) is 0 Å². The second kappa shape index (κ2) is 23.2. The van der Waals surface area contributed by atoms with Crippen LogP contribution in [0, 0.1) is 0 Å². The molecule has 0 aromatic heterocycles. The van der Waals surface area contributed by atoms with Crippen LogP contribution in [0.3, 0.4) is 0 Å². The van der Waals surface area contributed by atoms with Gasteiger partial charge in [-0.3, -0.25) is 9.59 Å². The number of ether oxygens (including phenoxy) is 1. The summed E-state index contributed by atoms with van der Waals surface area (Å²) in [7, 11) is 0. The van der Waals surface area contributed by atoms with Gasteiger partial charge in [0.1, 0.15) is 12.0 Å². The maximum absolute atomic E-state index is 11.8. The van der Waals surface area contributed by atoms with Gasteiger partial charge in [-0.15, -0.1) is 0 Å². The molecule has 0 rings (SSSR count). The molecule has 164 valence electrons. The molecule has 0 aromatic rings. The van der Waals surface area contributed by atoms with Crippen LogP contribution in [0.1, 0.15) is 130 Å². The molecule has 0 bridgehead atoms. The van der Waals surface area contributed by atoms with Gasteiger partial charge >= 0.3 is 60.4 Å². The fraction of sp³-hybridized carbons (Fsp3) is 0.913. The van der Waals surface area contributed by atoms with Crippen LogP contribution in [0.5, 0.6) is 0 Å². The maximum atomic E-state index is 11.8. The Morgan fingerprint density at radius 2 is 1.07 bits per heavy atom. The number of carbonyl (C=O) groups excluding carboxylic acids is 1. The van der Waals surface area contributed by atoms with Gasteiger partial charge in [-0.25, -0.2) is 0 Å². The van der Waals surface area contributed by atoms with Gasteiger partial charge in [0.25, 0.3) is 0 Å². The predicted octanol–water partition coefficient (Wildman–Crippen LogP) is 5.75. The van der Waals surface area contributed by atoms with Gasteiger partial charge in [0.15, 0.2) is 0 Å². The Balaban J connectivity index is -0.00000338. The van der Waals surface area contributed by atoms with Crippen molar-refractivity contribution in [3.8, 4) is 0 Å². The number of carbonyl (C=O) groups is 2. The zero-order valence-electron chi connectivity index (χ0n) is 18.2. The molecule has 6 heteroatoms. The van der Waals surface area contributed by atoms with Gasteiger partial charge < -0.3 is 9.84 Å². The van der Waals surface area contributed by atoms with Gasteiger partial charge in [-0.05, 0) is 32.6 Å². The molecule has 0 aliphatic rings. The number of carboxylic acids is 1. The average Bonchev–Trinajstić information content (AvgIpc) is 2.59. The summed E-state index contributed by atoms with van der Waals surface area (Å²) < 4.78 is 5.59. The molecule has 0 saturated heterocycles. The number of rotatable bonds is 19. The van der Waals surface area contributed by atoms with Crippen molar-refractivity contribution in [2.45, 2.75) is 136 Å². The third-order valence-electron chi connectivity index (χ3n) is 5.27. The van der Waals surface area contributed by atoms with E-state index in [-0.39, 0.29) is 48.4 Å². The Kier molecular flexibility index (Phi) is 27.3. The van der Waals surface area contributed by atoms with Crippen LogP contribution >= 0.6 is 0 Å². The summed E-state index contributed by atoms with van der Waals surface area (Å²) in [5.74, 6) is -1.72. The summed E-state index contributed by atoms with van der Waals surface area (Å²) in [5.41, 5.74) is -0.513. The number of esters is 1. The first kappa shape index (κ1) is 34.2. The molecule has 0 aliphatic heterocycles. The second-order valence-corrected chi connectivity index (χ2v) is 8.24. The van der Waals surface area contributed by atoms with Crippen molar-refractivity contribution in [2.75, 3.05) is 0 Å². The molecule has 0 fully saturated rings. The summed E-state index contributed by atoms with van der Waals surface area (Å²) in [4.78, 5) is 22.6. The van der Waals surface area contributed by atoms with E-state index in [1.807, 2.05) is 6.92 Å². The first-order valence-corrected chi connectivity index (χ1v) is 11.4. The monoisotopic (exact) mass is 416 g/mol. The number of hydrogen-bond donors (Lipinski definition) is 1. The molecule has 0 radical (unpaired) electrons.